The molecule has 2 aliphatic rings. The van der Waals surface area contributed by atoms with E-state index in [-0.39, 0.29) is 0 Å². The zero-order chi connectivity index (χ0) is 15.6. The zero-order valence-electron chi connectivity index (χ0n) is 14.0. The highest BCUT2D eigenvalue weighted by Gasteiger charge is 2.36. The number of benzene rings is 2. The van der Waals surface area contributed by atoms with Gasteiger partial charge in [-0.2, -0.15) is 0 Å². The molecule has 0 saturated carbocycles. The fourth-order valence-corrected chi connectivity index (χ4v) is 4.27. The molecule has 2 saturated heterocycles. The van der Waals surface area contributed by atoms with Crippen molar-refractivity contribution in [2.75, 3.05) is 19.6 Å². The van der Waals surface area contributed by atoms with Crippen molar-refractivity contribution in [1.82, 2.24) is 9.80 Å². The lowest BCUT2D eigenvalue weighted by molar-refractivity contribution is 0.0470. The SMILES string of the molecule is C[C@@H]1[C@@H]2CCCN2CCN1Cc1ccc(-c2ccccc2)cc1. The minimum atomic E-state index is 0.681. The van der Waals surface area contributed by atoms with Gasteiger partial charge in [0.05, 0.1) is 0 Å². The normalized spacial score (nSPS) is 25.4. The largest absolute Gasteiger partial charge is 0.298 e. The van der Waals surface area contributed by atoms with Crippen molar-refractivity contribution in [2.45, 2.75) is 38.4 Å². The Bertz CT molecular complexity index is 635. The van der Waals surface area contributed by atoms with Gasteiger partial charge in [0, 0.05) is 31.7 Å². The minimum Gasteiger partial charge on any atom is -0.298 e. The molecule has 4 rings (SSSR count). The van der Waals surface area contributed by atoms with Gasteiger partial charge in [0.1, 0.15) is 0 Å². The first-order valence-electron chi connectivity index (χ1n) is 8.94. The summed E-state index contributed by atoms with van der Waals surface area (Å²) in [6, 6.07) is 21.2. The summed E-state index contributed by atoms with van der Waals surface area (Å²) in [5.41, 5.74) is 4.04. The molecule has 0 unspecified atom stereocenters. The highest BCUT2D eigenvalue weighted by molar-refractivity contribution is 5.63. The predicted octanol–water partition coefficient (Wildman–Crippen LogP) is 4.02. The standard InChI is InChI=1S/C21H26N2/c1-17-21-8-5-13-22(21)14-15-23(17)16-18-9-11-20(12-10-18)19-6-3-2-4-7-19/h2-4,6-7,9-12,17,21H,5,8,13-16H2,1H3/t17-,21+/m1/s1. The molecule has 0 bridgehead atoms. The average Bonchev–Trinajstić information content (AvgIpc) is 3.08. The summed E-state index contributed by atoms with van der Waals surface area (Å²) in [5.74, 6) is 0. The van der Waals surface area contributed by atoms with Gasteiger partial charge in [-0.05, 0) is 43.0 Å². The second-order valence-electron chi connectivity index (χ2n) is 7.02. The molecule has 2 heterocycles. The van der Waals surface area contributed by atoms with E-state index in [1.54, 1.807) is 0 Å². The van der Waals surface area contributed by atoms with Gasteiger partial charge < -0.3 is 0 Å². The third-order valence-electron chi connectivity index (χ3n) is 5.67. The molecule has 0 aliphatic carbocycles. The Morgan fingerprint density at radius 2 is 1.61 bits per heavy atom. The molecule has 2 nitrogen and oxygen atoms in total. The molecule has 0 N–H and O–H groups in total. The van der Waals surface area contributed by atoms with Crippen LogP contribution in [0.1, 0.15) is 25.3 Å². The van der Waals surface area contributed by atoms with E-state index < -0.39 is 0 Å². The van der Waals surface area contributed by atoms with Crippen molar-refractivity contribution in [2.24, 2.45) is 0 Å². The zero-order valence-corrected chi connectivity index (χ0v) is 14.0. The van der Waals surface area contributed by atoms with Crippen molar-refractivity contribution < 1.29 is 0 Å². The van der Waals surface area contributed by atoms with Crippen LogP contribution in [-0.2, 0) is 6.54 Å². The van der Waals surface area contributed by atoms with Crippen molar-refractivity contribution in [3.8, 4) is 11.1 Å². The highest BCUT2D eigenvalue weighted by Crippen LogP contribution is 2.28. The third kappa shape index (κ3) is 3.06. The van der Waals surface area contributed by atoms with E-state index in [0.717, 1.165) is 12.6 Å². The Labute approximate surface area is 139 Å². The number of fused-ring (bicyclic) bond motifs is 1. The van der Waals surface area contributed by atoms with E-state index in [0.29, 0.717) is 6.04 Å². The molecular formula is C21H26N2. The lowest BCUT2D eigenvalue weighted by Crippen LogP contribution is -2.55. The van der Waals surface area contributed by atoms with Crippen LogP contribution >= 0.6 is 0 Å². The van der Waals surface area contributed by atoms with E-state index in [1.165, 1.54) is 49.2 Å². The van der Waals surface area contributed by atoms with Crippen LogP contribution in [0.4, 0.5) is 0 Å². The van der Waals surface area contributed by atoms with Crippen LogP contribution < -0.4 is 0 Å². The van der Waals surface area contributed by atoms with Crippen LogP contribution in [0.3, 0.4) is 0 Å². The minimum absolute atomic E-state index is 0.681. The smallest absolute Gasteiger partial charge is 0.0250 e. The molecule has 0 amide bonds. The summed E-state index contributed by atoms with van der Waals surface area (Å²) in [7, 11) is 0. The first-order chi connectivity index (χ1) is 11.3. The molecule has 2 atom stereocenters. The Kier molecular flexibility index (Phi) is 4.19. The molecule has 0 aromatic heterocycles. The number of piperazine rings is 1. The molecule has 0 spiro atoms. The maximum Gasteiger partial charge on any atom is 0.0250 e. The number of rotatable bonds is 3. The van der Waals surface area contributed by atoms with Gasteiger partial charge in [-0.1, -0.05) is 54.6 Å². The molecular weight excluding hydrogens is 280 g/mol. The summed E-state index contributed by atoms with van der Waals surface area (Å²) in [4.78, 5) is 5.36. The summed E-state index contributed by atoms with van der Waals surface area (Å²) in [5, 5.41) is 0. The van der Waals surface area contributed by atoms with Gasteiger partial charge >= 0.3 is 0 Å². The van der Waals surface area contributed by atoms with Crippen molar-refractivity contribution >= 4 is 0 Å². The summed E-state index contributed by atoms with van der Waals surface area (Å²) in [6.07, 6.45) is 2.76. The van der Waals surface area contributed by atoms with Crippen LogP contribution in [0.5, 0.6) is 0 Å². The summed E-state index contributed by atoms with van der Waals surface area (Å²) >= 11 is 0. The predicted molar refractivity (Wildman–Crippen MR) is 96.3 cm³/mol. The van der Waals surface area contributed by atoms with Crippen LogP contribution in [-0.4, -0.2) is 41.5 Å². The molecule has 2 fully saturated rings. The van der Waals surface area contributed by atoms with E-state index in [2.05, 4.69) is 71.3 Å². The van der Waals surface area contributed by atoms with Crippen molar-refractivity contribution in [3.05, 3.63) is 60.2 Å². The number of nitrogens with zero attached hydrogens (tertiary/aromatic N) is 2. The fourth-order valence-electron chi connectivity index (χ4n) is 4.27. The van der Waals surface area contributed by atoms with Gasteiger partial charge in [-0.25, -0.2) is 0 Å². The van der Waals surface area contributed by atoms with Crippen LogP contribution in [0.2, 0.25) is 0 Å². The topological polar surface area (TPSA) is 6.48 Å². The average molecular weight is 306 g/mol. The number of hydrogen-bond donors (Lipinski definition) is 0. The maximum atomic E-state index is 2.69. The van der Waals surface area contributed by atoms with Crippen LogP contribution in [0.15, 0.2) is 54.6 Å². The Morgan fingerprint density at radius 3 is 2.39 bits per heavy atom. The van der Waals surface area contributed by atoms with Gasteiger partial charge in [-0.3, -0.25) is 9.80 Å². The molecule has 0 radical (unpaired) electrons. The van der Waals surface area contributed by atoms with Crippen LogP contribution in [0, 0.1) is 0 Å². The molecule has 23 heavy (non-hydrogen) atoms. The Morgan fingerprint density at radius 1 is 0.870 bits per heavy atom. The lowest BCUT2D eigenvalue weighted by atomic mass is 10.0. The first-order valence-corrected chi connectivity index (χ1v) is 8.94. The van der Waals surface area contributed by atoms with E-state index in [1.807, 2.05) is 0 Å². The van der Waals surface area contributed by atoms with Gasteiger partial charge in [-0.15, -0.1) is 0 Å². The van der Waals surface area contributed by atoms with Gasteiger partial charge in [0.15, 0.2) is 0 Å². The molecule has 2 aliphatic heterocycles. The quantitative estimate of drug-likeness (QED) is 0.845. The van der Waals surface area contributed by atoms with Gasteiger partial charge in [0.2, 0.25) is 0 Å². The van der Waals surface area contributed by atoms with E-state index in [4.69, 9.17) is 0 Å². The van der Waals surface area contributed by atoms with E-state index in [9.17, 15) is 0 Å². The Balaban J connectivity index is 1.45. The molecule has 120 valence electrons. The third-order valence-corrected chi connectivity index (χ3v) is 5.67. The summed E-state index contributed by atoms with van der Waals surface area (Å²) in [6.45, 7) is 7.27. The Hall–Kier alpha value is -1.64. The molecule has 2 aromatic carbocycles. The monoisotopic (exact) mass is 306 g/mol. The fraction of sp³-hybridized carbons (Fsp3) is 0.429. The van der Waals surface area contributed by atoms with Crippen LogP contribution in [0.25, 0.3) is 11.1 Å². The lowest BCUT2D eigenvalue weighted by Gasteiger charge is -2.43. The van der Waals surface area contributed by atoms with Gasteiger partial charge in [0.25, 0.3) is 0 Å². The maximum absolute atomic E-state index is 2.69. The number of hydrogen-bond acceptors (Lipinski definition) is 2. The molecule has 2 heteroatoms. The summed E-state index contributed by atoms with van der Waals surface area (Å²) < 4.78 is 0. The van der Waals surface area contributed by atoms with Crippen molar-refractivity contribution in [1.29, 1.82) is 0 Å². The second kappa shape index (κ2) is 6.46. The van der Waals surface area contributed by atoms with E-state index >= 15 is 0 Å². The van der Waals surface area contributed by atoms with Crippen molar-refractivity contribution in [3.63, 3.8) is 0 Å². The highest BCUT2D eigenvalue weighted by atomic mass is 15.3. The second-order valence-corrected chi connectivity index (χ2v) is 7.02. The molecule has 2 aromatic rings. The first kappa shape index (κ1) is 14.9.